The molecule has 1 aliphatic heterocycles. The van der Waals surface area contributed by atoms with Gasteiger partial charge in [0.2, 0.25) is 0 Å². The molecule has 3 rings (SSSR count). The Kier molecular flexibility index (Phi) is 7.00. The van der Waals surface area contributed by atoms with Gasteiger partial charge in [-0.15, -0.1) is 13.2 Å². The third kappa shape index (κ3) is 5.85. The average Bonchev–Trinajstić information content (AvgIpc) is 2.97. The van der Waals surface area contributed by atoms with Gasteiger partial charge in [0, 0.05) is 11.7 Å². The van der Waals surface area contributed by atoms with E-state index in [4.69, 9.17) is 4.74 Å². The van der Waals surface area contributed by atoms with Crippen LogP contribution < -0.4 is 14.8 Å². The first-order valence-electron chi connectivity index (χ1n) is 10.4. The largest absolute Gasteiger partial charge is 0.573 e. The molecule has 0 atom stereocenters. The molecule has 0 spiro atoms. The number of rotatable bonds is 8. The van der Waals surface area contributed by atoms with Gasteiger partial charge >= 0.3 is 6.36 Å². The lowest BCUT2D eigenvalue weighted by Crippen LogP contribution is -2.38. The van der Waals surface area contributed by atoms with E-state index in [0.29, 0.717) is 29.5 Å². The molecule has 6 nitrogen and oxygen atoms in total. The Balaban J connectivity index is 1.92. The second kappa shape index (κ2) is 9.56. The van der Waals surface area contributed by atoms with E-state index < -0.39 is 23.9 Å². The number of hydrogen-bond donors (Lipinski definition) is 1. The maximum absolute atomic E-state index is 13.1. The molecule has 1 heterocycles. The summed E-state index contributed by atoms with van der Waals surface area (Å²) < 4.78 is 46.7. The lowest BCUT2D eigenvalue weighted by Gasteiger charge is -2.19. The smallest absolute Gasteiger partial charge is 0.493 e. The Labute approximate surface area is 190 Å². The predicted molar refractivity (Wildman–Crippen MR) is 117 cm³/mol. The van der Waals surface area contributed by atoms with Crippen LogP contribution in [0.2, 0.25) is 0 Å². The molecule has 0 unspecified atom stereocenters. The maximum Gasteiger partial charge on any atom is 0.573 e. The van der Waals surface area contributed by atoms with E-state index >= 15 is 0 Å². The summed E-state index contributed by atoms with van der Waals surface area (Å²) in [5, 5.41) is 2.90. The van der Waals surface area contributed by atoms with Crippen LogP contribution >= 0.6 is 0 Å². The van der Waals surface area contributed by atoms with Crippen molar-refractivity contribution in [1.29, 1.82) is 0 Å². The van der Waals surface area contributed by atoms with Crippen LogP contribution in [0.5, 0.6) is 11.5 Å². The molecular formula is C24H25F3N2O4. The molecule has 2 aromatic rings. The summed E-state index contributed by atoms with van der Waals surface area (Å²) in [6, 6.07) is 11.4. The average molecular weight is 462 g/mol. The van der Waals surface area contributed by atoms with Gasteiger partial charge < -0.3 is 14.8 Å². The van der Waals surface area contributed by atoms with Crippen LogP contribution in [-0.2, 0) is 9.59 Å². The quantitative estimate of drug-likeness (QED) is 0.545. The molecule has 2 amide bonds. The van der Waals surface area contributed by atoms with E-state index in [-0.39, 0.29) is 17.3 Å². The summed E-state index contributed by atoms with van der Waals surface area (Å²) in [4.78, 5) is 27.3. The van der Waals surface area contributed by atoms with Gasteiger partial charge in [-0.1, -0.05) is 26.0 Å². The van der Waals surface area contributed by atoms with Crippen molar-refractivity contribution in [3.63, 3.8) is 0 Å². The minimum atomic E-state index is -4.80. The van der Waals surface area contributed by atoms with E-state index in [1.54, 1.807) is 38.1 Å². The zero-order valence-corrected chi connectivity index (χ0v) is 18.7. The molecule has 0 saturated carbocycles. The molecule has 33 heavy (non-hydrogen) atoms. The van der Waals surface area contributed by atoms with Gasteiger partial charge in [-0.05, 0) is 61.7 Å². The number of imide groups is 1. The Hall–Kier alpha value is -3.49. The Morgan fingerprint density at radius 2 is 1.45 bits per heavy atom. The topological polar surface area (TPSA) is 67.9 Å². The summed E-state index contributed by atoms with van der Waals surface area (Å²) in [6.45, 7) is 8.05. The van der Waals surface area contributed by atoms with Crippen LogP contribution in [-0.4, -0.2) is 35.7 Å². The standard InChI is InChI=1S/C24H25F3N2O4/c1-14(2)13-32-18-9-5-16(6-10-18)20-21(23(31)29(15(3)4)22(20)30)28-17-7-11-19(12-8-17)33-24(25,26)27/h5-12,14-15,28H,13H2,1-4H3. The van der Waals surface area contributed by atoms with Crippen molar-refractivity contribution >= 4 is 23.1 Å². The monoisotopic (exact) mass is 462 g/mol. The van der Waals surface area contributed by atoms with Gasteiger partial charge in [0.25, 0.3) is 11.8 Å². The Morgan fingerprint density at radius 1 is 0.879 bits per heavy atom. The lowest BCUT2D eigenvalue weighted by atomic mass is 10.0. The minimum absolute atomic E-state index is 0.0500. The van der Waals surface area contributed by atoms with Crippen molar-refractivity contribution in [1.82, 2.24) is 4.90 Å². The van der Waals surface area contributed by atoms with Crippen molar-refractivity contribution in [2.45, 2.75) is 40.1 Å². The van der Waals surface area contributed by atoms with Crippen molar-refractivity contribution < 1.29 is 32.2 Å². The first-order chi connectivity index (χ1) is 15.5. The van der Waals surface area contributed by atoms with Crippen molar-refractivity contribution in [3.05, 3.63) is 59.8 Å². The highest BCUT2D eigenvalue weighted by atomic mass is 19.4. The van der Waals surface area contributed by atoms with Gasteiger partial charge in [-0.3, -0.25) is 14.5 Å². The van der Waals surface area contributed by atoms with Gasteiger partial charge in [0.15, 0.2) is 0 Å². The highest BCUT2D eigenvalue weighted by Crippen LogP contribution is 2.33. The first-order valence-corrected chi connectivity index (χ1v) is 10.4. The predicted octanol–water partition coefficient (Wildman–Crippen LogP) is 5.22. The van der Waals surface area contributed by atoms with Gasteiger partial charge in [0.05, 0.1) is 12.2 Å². The summed E-state index contributed by atoms with van der Waals surface area (Å²) in [7, 11) is 0. The Bertz CT molecular complexity index is 1040. The molecule has 0 aromatic heterocycles. The number of nitrogens with zero attached hydrogens (tertiary/aromatic N) is 1. The Morgan fingerprint density at radius 3 is 1.97 bits per heavy atom. The fraction of sp³-hybridized carbons (Fsp3) is 0.333. The van der Waals surface area contributed by atoms with Crippen LogP contribution in [0.25, 0.3) is 5.57 Å². The van der Waals surface area contributed by atoms with Gasteiger partial charge in [-0.2, -0.15) is 0 Å². The fourth-order valence-electron chi connectivity index (χ4n) is 3.26. The van der Waals surface area contributed by atoms with Crippen LogP contribution in [0, 0.1) is 5.92 Å². The molecule has 0 radical (unpaired) electrons. The molecule has 0 bridgehead atoms. The SMILES string of the molecule is CC(C)COc1ccc(C2=C(Nc3ccc(OC(F)(F)F)cc3)C(=O)N(C(C)C)C2=O)cc1. The highest BCUT2D eigenvalue weighted by molar-refractivity contribution is 6.36. The number of ether oxygens (including phenoxy) is 2. The number of alkyl halides is 3. The van der Waals surface area contributed by atoms with E-state index in [2.05, 4.69) is 10.1 Å². The molecule has 9 heteroatoms. The molecular weight excluding hydrogens is 437 g/mol. The summed E-state index contributed by atoms with van der Waals surface area (Å²) in [5.74, 6) is -0.368. The maximum atomic E-state index is 13.1. The zero-order valence-electron chi connectivity index (χ0n) is 18.7. The minimum Gasteiger partial charge on any atom is -0.493 e. The highest BCUT2D eigenvalue weighted by Gasteiger charge is 2.40. The summed E-state index contributed by atoms with van der Waals surface area (Å²) in [6.07, 6.45) is -4.80. The normalized spacial score (nSPS) is 14.5. The van der Waals surface area contributed by atoms with E-state index in [1.165, 1.54) is 12.1 Å². The zero-order chi connectivity index (χ0) is 24.3. The van der Waals surface area contributed by atoms with Crippen molar-refractivity contribution in [2.75, 3.05) is 11.9 Å². The third-order valence-electron chi connectivity index (χ3n) is 4.72. The van der Waals surface area contributed by atoms with Crippen molar-refractivity contribution in [2.24, 2.45) is 5.92 Å². The van der Waals surface area contributed by atoms with Gasteiger partial charge in [-0.25, -0.2) is 0 Å². The van der Waals surface area contributed by atoms with E-state index in [0.717, 1.165) is 17.0 Å². The van der Waals surface area contributed by atoms with Crippen molar-refractivity contribution in [3.8, 4) is 11.5 Å². The number of halogens is 3. The molecule has 0 saturated heterocycles. The number of benzene rings is 2. The summed E-state index contributed by atoms with van der Waals surface area (Å²) >= 11 is 0. The third-order valence-corrected chi connectivity index (χ3v) is 4.72. The van der Waals surface area contributed by atoms with E-state index in [9.17, 15) is 22.8 Å². The summed E-state index contributed by atoms with van der Waals surface area (Å²) in [5.41, 5.74) is 1.09. The molecule has 176 valence electrons. The molecule has 0 fully saturated rings. The van der Waals surface area contributed by atoms with Crippen LogP contribution in [0.15, 0.2) is 54.2 Å². The number of nitrogens with one attached hydrogen (secondary N) is 1. The molecule has 0 aliphatic carbocycles. The first kappa shape index (κ1) is 24.2. The molecule has 1 aliphatic rings. The second-order valence-electron chi connectivity index (χ2n) is 8.25. The van der Waals surface area contributed by atoms with Crippen LogP contribution in [0.4, 0.5) is 18.9 Å². The fourth-order valence-corrected chi connectivity index (χ4v) is 3.26. The molecule has 2 aromatic carbocycles. The number of carbonyl (C=O) groups is 2. The number of anilines is 1. The van der Waals surface area contributed by atoms with Crippen LogP contribution in [0.1, 0.15) is 33.3 Å². The van der Waals surface area contributed by atoms with E-state index in [1.807, 2.05) is 13.8 Å². The molecule has 1 N–H and O–H groups in total. The number of amides is 2. The number of carbonyl (C=O) groups excluding carboxylic acids is 2. The van der Waals surface area contributed by atoms with Crippen LogP contribution in [0.3, 0.4) is 0 Å². The number of hydrogen-bond acceptors (Lipinski definition) is 5. The second-order valence-corrected chi connectivity index (χ2v) is 8.25. The van der Waals surface area contributed by atoms with Gasteiger partial charge in [0.1, 0.15) is 17.2 Å². The lowest BCUT2D eigenvalue weighted by molar-refractivity contribution is -0.274.